The number of rotatable bonds is 10. The number of anilines is 1. The molecule has 2 fully saturated rings. The van der Waals surface area contributed by atoms with E-state index in [9.17, 15) is 14.4 Å². The number of carbonyl (C=O) groups excluding carboxylic acids is 3. The van der Waals surface area contributed by atoms with Gasteiger partial charge in [-0.2, -0.15) is 5.21 Å². The molecule has 1 saturated carbocycles. The molecule has 0 unspecified atom stereocenters. The van der Waals surface area contributed by atoms with Gasteiger partial charge < -0.3 is 26.0 Å². The Balaban J connectivity index is 0.00000451. The fourth-order valence-corrected chi connectivity index (χ4v) is 6.29. The Labute approximate surface area is 285 Å². The first-order valence-corrected chi connectivity index (χ1v) is 16.2. The van der Waals surface area contributed by atoms with Gasteiger partial charge in [-0.25, -0.2) is 0 Å². The predicted octanol–water partition coefficient (Wildman–Crippen LogP) is 3.86. The zero-order valence-electron chi connectivity index (χ0n) is 26.6. The maximum atomic E-state index is 13.7. The Kier molecular flexibility index (Phi) is 11.9. The number of hydrogen-bond donors (Lipinski definition) is 4. The molecule has 0 spiro atoms. The second-order valence-electron chi connectivity index (χ2n) is 12.2. The van der Waals surface area contributed by atoms with E-state index in [1.807, 2.05) is 53.4 Å². The van der Waals surface area contributed by atoms with Crippen LogP contribution in [0.4, 0.5) is 5.69 Å². The standard InChI is InChI=1S/C35H40N8O4.ClH/c36-22-24-7-11-27(12-8-24)33(44)38-31(34(45)37-28-15-13-26(14-16-28)32-39-41-42-40-32)21-23-5-9-25(10-6-23)29-3-1-2-4-30(29)35(46)43-17-19-47-20-18-43;/h1-6,9-10,13-16,24,27,31H,7-8,11-12,17-22,36H2,(H,37,45)(H,38,44)(H,39,40,41,42);1H/t24?,27?,31-;/m0./s1. The van der Waals surface area contributed by atoms with Crippen molar-refractivity contribution in [2.24, 2.45) is 17.6 Å². The summed E-state index contributed by atoms with van der Waals surface area (Å²) in [6, 6.07) is 21.7. The molecule has 2 heterocycles. The number of halogens is 1. The van der Waals surface area contributed by atoms with Gasteiger partial charge in [-0.15, -0.1) is 22.6 Å². The molecular formula is C35H41ClN8O4. The van der Waals surface area contributed by atoms with Crippen molar-refractivity contribution in [3.63, 3.8) is 0 Å². The number of nitrogens with one attached hydrogen (secondary N) is 3. The predicted molar refractivity (Wildman–Crippen MR) is 184 cm³/mol. The SMILES string of the molecule is Cl.NCC1CCC(C(=O)N[C@@H](Cc2ccc(-c3ccccc3C(=O)N3CCOCC3)cc2)C(=O)Nc2ccc(-c3nn[nH]n3)cc2)CC1. The van der Waals surface area contributed by atoms with Gasteiger partial charge in [0.05, 0.1) is 13.2 Å². The molecule has 48 heavy (non-hydrogen) atoms. The van der Waals surface area contributed by atoms with Crippen molar-refractivity contribution in [2.45, 2.75) is 38.1 Å². The summed E-state index contributed by atoms with van der Waals surface area (Å²) in [6.07, 6.45) is 3.64. The van der Waals surface area contributed by atoms with E-state index in [4.69, 9.17) is 10.5 Å². The van der Waals surface area contributed by atoms with Crippen molar-refractivity contribution in [1.29, 1.82) is 0 Å². The van der Waals surface area contributed by atoms with Gasteiger partial charge in [0.1, 0.15) is 6.04 Å². The maximum Gasteiger partial charge on any atom is 0.254 e. The van der Waals surface area contributed by atoms with Gasteiger partial charge in [0.2, 0.25) is 17.6 Å². The van der Waals surface area contributed by atoms with Crippen LogP contribution in [0.25, 0.3) is 22.5 Å². The first-order valence-electron chi connectivity index (χ1n) is 16.2. The first kappa shape index (κ1) is 34.7. The largest absolute Gasteiger partial charge is 0.378 e. The van der Waals surface area contributed by atoms with Crippen LogP contribution in [0.15, 0.2) is 72.8 Å². The number of aromatic nitrogens is 4. The Hall–Kier alpha value is -4.65. The van der Waals surface area contributed by atoms with Crippen LogP contribution in [0.2, 0.25) is 0 Å². The number of nitrogens with zero attached hydrogens (tertiary/aromatic N) is 4. The third-order valence-electron chi connectivity index (χ3n) is 9.10. The smallest absolute Gasteiger partial charge is 0.254 e. The van der Waals surface area contributed by atoms with Crippen LogP contribution in [0.5, 0.6) is 0 Å². The quantitative estimate of drug-likeness (QED) is 0.197. The van der Waals surface area contributed by atoms with Crippen molar-refractivity contribution >= 4 is 35.8 Å². The summed E-state index contributed by atoms with van der Waals surface area (Å²) in [7, 11) is 0. The van der Waals surface area contributed by atoms with Crippen LogP contribution in [0.1, 0.15) is 41.6 Å². The van der Waals surface area contributed by atoms with Crippen LogP contribution in [0, 0.1) is 11.8 Å². The number of hydrogen-bond acceptors (Lipinski definition) is 8. The molecule has 12 nitrogen and oxygen atoms in total. The maximum absolute atomic E-state index is 13.7. The highest BCUT2D eigenvalue weighted by Crippen LogP contribution is 2.29. The summed E-state index contributed by atoms with van der Waals surface area (Å²) in [5, 5.41) is 20.0. The summed E-state index contributed by atoms with van der Waals surface area (Å²) in [6.45, 7) is 2.84. The number of amides is 3. The van der Waals surface area contributed by atoms with Crippen molar-refractivity contribution < 1.29 is 19.1 Å². The Morgan fingerprint density at radius 3 is 2.27 bits per heavy atom. The lowest BCUT2D eigenvalue weighted by Crippen LogP contribution is -2.48. The summed E-state index contributed by atoms with van der Waals surface area (Å²) in [4.78, 5) is 42.3. The summed E-state index contributed by atoms with van der Waals surface area (Å²) < 4.78 is 5.42. The van der Waals surface area contributed by atoms with Crippen LogP contribution in [-0.2, 0) is 20.7 Å². The molecule has 4 aromatic rings. The van der Waals surface area contributed by atoms with Gasteiger partial charge in [-0.3, -0.25) is 14.4 Å². The lowest BCUT2D eigenvalue weighted by atomic mass is 9.81. The molecule has 252 valence electrons. The fraction of sp³-hybridized carbons (Fsp3) is 0.371. The minimum atomic E-state index is -0.798. The highest BCUT2D eigenvalue weighted by Gasteiger charge is 2.29. The molecule has 3 aromatic carbocycles. The summed E-state index contributed by atoms with van der Waals surface area (Å²) in [5.41, 5.74) is 10.5. The van der Waals surface area contributed by atoms with E-state index in [1.165, 1.54) is 0 Å². The fourth-order valence-electron chi connectivity index (χ4n) is 6.29. The van der Waals surface area contributed by atoms with Crippen molar-refractivity contribution in [1.82, 2.24) is 30.8 Å². The minimum absolute atomic E-state index is 0. The lowest BCUT2D eigenvalue weighted by Gasteiger charge is -2.28. The van der Waals surface area contributed by atoms with E-state index in [0.29, 0.717) is 62.3 Å². The third-order valence-corrected chi connectivity index (χ3v) is 9.10. The van der Waals surface area contributed by atoms with Gasteiger partial charge in [-0.1, -0.05) is 42.5 Å². The number of ether oxygens (including phenoxy) is 1. The Morgan fingerprint density at radius 1 is 0.917 bits per heavy atom. The van der Waals surface area contributed by atoms with Crippen LogP contribution < -0.4 is 16.4 Å². The average molecular weight is 673 g/mol. The zero-order chi connectivity index (χ0) is 32.6. The molecule has 1 saturated heterocycles. The molecule has 0 bridgehead atoms. The number of tetrazole rings is 1. The molecule has 13 heteroatoms. The van der Waals surface area contributed by atoms with Crippen molar-refractivity contribution in [3.05, 3.63) is 83.9 Å². The molecule has 3 amide bonds. The van der Waals surface area contributed by atoms with Gasteiger partial charge in [0.25, 0.3) is 5.91 Å². The van der Waals surface area contributed by atoms with E-state index < -0.39 is 6.04 Å². The topological polar surface area (TPSA) is 168 Å². The number of nitrogens with two attached hydrogens (primary N) is 1. The number of carbonyl (C=O) groups is 3. The minimum Gasteiger partial charge on any atom is -0.378 e. The summed E-state index contributed by atoms with van der Waals surface area (Å²) >= 11 is 0. The molecule has 1 aromatic heterocycles. The van der Waals surface area contributed by atoms with E-state index in [2.05, 4.69) is 31.3 Å². The zero-order valence-corrected chi connectivity index (χ0v) is 27.5. The second kappa shape index (κ2) is 16.4. The van der Waals surface area contributed by atoms with E-state index in [0.717, 1.165) is 47.9 Å². The monoisotopic (exact) mass is 672 g/mol. The molecule has 0 radical (unpaired) electrons. The molecular weight excluding hydrogens is 632 g/mol. The molecule has 6 rings (SSSR count). The molecule has 1 aliphatic heterocycles. The number of morpholine rings is 1. The molecule has 5 N–H and O–H groups in total. The Morgan fingerprint density at radius 2 is 1.60 bits per heavy atom. The van der Waals surface area contributed by atoms with Crippen LogP contribution in [-0.4, -0.2) is 82.1 Å². The van der Waals surface area contributed by atoms with Gasteiger partial charge in [-0.05, 0) is 90.4 Å². The first-order chi connectivity index (χ1) is 23.0. The molecule has 2 aliphatic rings. The highest BCUT2D eigenvalue weighted by molar-refractivity contribution is 6.01. The van der Waals surface area contributed by atoms with Crippen LogP contribution in [0.3, 0.4) is 0 Å². The third kappa shape index (κ3) is 8.43. The van der Waals surface area contributed by atoms with Gasteiger partial charge in [0, 0.05) is 42.2 Å². The number of aromatic amines is 1. The van der Waals surface area contributed by atoms with E-state index in [-0.39, 0.29) is 36.0 Å². The van der Waals surface area contributed by atoms with Gasteiger partial charge >= 0.3 is 0 Å². The van der Waals surface area contributed by atoms with Crippen LogP contribution >= 0.6 is 12.4 Å². The van der Waals surface area contributed by atoms with Crippen molar-refractivity contribution in [3.8, 4) is 22.5 Å². The second-order valence-corrected chi connectivity index (χ2v) is 12.2. The van der Waals surface area contributed by atoms with E-state index in [1.54, 1.807) is 24.3 Å². The number of H-pyrrole nitrogens is 1. The Bertz CT molecular complexity index is 1650. The highest BCUT2D eigenvalue weighted by atomic mass is 35.5. The van der Waals surface area contributed by atoms with Crippen molar-refractivity contribution in [2.75, 3.05) is 38.2 Å². The van der Waals surface area contributed by atoms with Gasteiger partial charge in [0.15, 0.2) is 0 Å². The lowest BCUT2D eigenvalue weighted by molar-refractivity contribution is -0.130. The number of benzene rings is 3. The molecule has 1 aliphatic carbocycles. The molecule has 1 atom stereocenters. The normalized spacial score (nSPS) is 18.3. The summed E-state index contributed by atoms with van der Waals surface area (Å²) in [5.74, 6) is 0.311. The van der Waals surface area contributed by atoms with E-state index >= 15 is 0 Å². The average Bonchev–Trinajstić information content (AvgIpc) is 3.67.